The lowest BCUT2D eigenvalue weighted by Gasteiger charge is -2.38. The number of hydrogen-bond donors (Lipinski definition) is 2. The number of alkyl halides is 3. The molecule has 1 aliphatic rings. The summed E-state index contributed by atoms with van der Waals surface area (Å²) >= 11 is 0. The second-order valence-corrected chi connectivity index (χ2v) is 8.24. The minimum atomic E-state index is -4.39. The van der Waals surface area contributed by atoms with Crippen LogP contribution in [0.5, 0.6) is 0 Å². The van der Waals surface area contributed by atoms with Crippen molar-refractivity contribution < 1.29 is 30.9 Å². The lowest BCUT2D eigenvalue weighted by atomic mass is 9.85. The largest absolute Gasteiger partial charge is 0.416 e. The number of methoxy groups -OCH3 is 1. The maximum absolute atomic E-state index is 12.8. The number of ether oxygens (including phenoxy) is 1. The van der Waals surface area contributed by atoms with Gasteiger partial charge in [0.05, 0.1) is 11.3 Å². The Hall–Kier alpha value is -1.16. The molecule has 0 radical (unpaired) electrons. The van der Waals surface area contributed by atoms with E-state index in [-0.39, 0.29) is 12.2 Å². The van der Waals surface area contributed by atoms with E-state index in [0.29, 0.717) is 12.1 Å². The molecule has 1 aliphatic carbocycles. The average Bonchev–Trinajstić information content (AvgIpc) is 3.01. The van der Waals surface area contributed by atoms with Gasteiger partial charge in [-0.25, -0.2) is 0 Å². The zero-order valence-electron chi connectivity index (χ0n) is 14.6. The van der Waals surface area contributed by atoms with Crippen LogP contribution < -0.4 is 5.32 Å². The van der Waals surface area contributed by atoms with Crippen molar-refractivity contribution in [1.82, 2.24) is 5.32 Å². The molecule has 0 heterocycles. The summed E-state index contributed by atoms with van der Waals surface area (Å²) in [6.07, 6.45) is -1.14. The van der Waals surface area contributed by atoms with Crippen LogP contribution in [0.15, 0.2) is 24.3 Å². The van der Waals surface area contributed by atoms with E-state index in [9.17, 15) is 21.6 Å². The molecule has 2 rings (SSSR count). The Morgan fingerprint density at radius 1 is 1.23 bits per heavy atom. The van der Waals surface area contributed by atoms with Crippen LogP contribution in [0.25, 0.3) is 0 Å². The van der Waals surface area contributed by atoms with Gasteiger partial charge in [-0.15, -0.1) is 0 Å². The summed E-state index contributed by atoms with van der Waals surface area (Å²) in [5, 5.41) is 3.34. The van der Waals surface area contributed by atoms with Crippen LogP contribution in [0.2, 0.25) is 0 Å². The predicted molar refractivity (Wildman–Crippen MR) is 91.4 cm³/mol. The molecule has 0 spiro atoms. The van der Waals surface area contributed by atoms with Crippen LogP contribution in [0.1, 0.15) is 49.3 Å². The van der Waals surface area contributed by atoms with E-state index in [1.165, 1.54) is 19.2 Å². The molecular formula is C17H24F3NO4S. The van der Waals surface area contributed by atoms with Gasteiger partial charge < -0.3 is 10.1 Å². The van der Waals surface area contributed by atoms with Crippen molar-refractivity contribution in [3.05, 3.63) is 35.4 Å². The van der Waals surface area contributed by atoms with Crippen molar-refractivity contribution in [2.75, 3.05) is 19.4 Å². The second-order valence-electron chi connectivity index (χ2n) is 6.67. The molecule has 1 aromatic rings. The normalized spacial score (nSPS) is 18.8. The molecule has 1 aromatic carbocycles. The Labute approximate surface area is 151 Å². The van der Waals surface area contributed by atoms with Crippen molar-refractivity contribution in [3.8, 4) is 0 Å². The highest BCUT2D eigenvalue weighted by Crippen LogP contribution is 2.42. The van der Waals surface area contributed by atoms with Crippen molar-refractivity contribution in [2.24, 2.45) is 0 Å². The number of benzene rings is 1. The molecule has 0 amide bonds. The summed E-state index contributed by atoms with van der Waals surface area (Å²) in [7, 11) is -2.50. The minimum Gasteiger partial charge on any atom is -0.375 e. The van der Waals surface area contributed by atoms with Gasteiger partial charge in [-0.3, -0.25) is 4.55 Å². The summed E-state index contributed by atoms with van der Waals surface area (Å²) in [4.78, 5) is 0. The first-order valence-corrected chi connectivity index (χ1v) is 10.1. The van der Waals surface area contributed by atoms with Gasteiger partial charge in [0.15, 0.2) is 0 Å². The summed E-state index contributed by atoms with van der Waals surface area (Å²) in [6, 6.07) is 4.94. The smallest absolute Gasteiger partial charge is 0.375 e. The standard InChI is InChI=1S/C17H24F3NO4S/c1-25-15(13-5-7-14(8-6-13)17(18,19)20)16(9-2-3-10-16)21-11-4-12-26(22,23)24/h5-8,15,21H,2-4,9-12H2,1H3,(H,22,23,24)/t15-/m1/s1. The molecule has 26 heavy (non-hydrogen) atoms. The lowest BCUT2D eigenvalue weighted by Crippen LogP contribution is -2.49. The van der Waals surface area contributed by atoms with Crippen LogP contribution in [0, 0.1) is 0 Å². The molecule has 9 heteroatoms. The van der Waals surface area contributed by atoms with Gasteiger partial charge in [-0.2, -0.15) is 21.6 Å². The molecule has 0 bridgehead atoms. The molecule has 0 unspecified atom stereocenters. The molecular weight excluding hydrogens is 371 g/mol. The second kappa shape index (κ2) is 8.24. The molecule has 5 nitrogen and oxygen atoms in total. The predicted octanol–water partition coefficient (Wildman–Crippen LogP) is 3.57. The lowest BCUT2D eigenvalue weighted by molar-refractivity contribution is -0.137. The van der Waals surface area contributed by atoms with Crippen molar-refractivity contribution in [2.45, 2.75) is 49.9 Å². The van der Waals surface area contributed by atoms with E-state index < -0.39 is 33.5 Å². The molecule has 0 aromatic heterocycles. The van der Waals surface area contributed by atoms with Gasteiger partial charge in [0.25, 0.3) is 10.1 Å². The van der Waals surface area contributed by atoms with Gasteiger partial charge in [0.1, 0.15) is 6.10 Å². The highest BCUT2D eigenvalue weighted by Gasteiger charge is 2.42. The number of rotatable bonds is 8. The highest BCUT2D eigenvalue weighted by atomic mass is 32.2. The molecule has 0 aliphatic heterocycles. The fourth-order valence-corrected chi connectivity index (χ4v) is 4.17. The van der Waals surface area contributed by atoms with Crippen LogP contribution in [-0.2, 0) is 21.0 Å². The first-order valence-electron chi connectivity index (χ1n) is 8.47. The monoisotopic (exact) mass is 395 g/mol. The van der Waals surface area contributed by atoms with Crippen LogP contribution in [-0.4, -0.2) is 37.9 Å². The maximum atomic E-state index is 12.8. The summed E-state index contributed by atoms with van der Waals surface area (Å²) < 4.78 is 74.5. The number of nitrogens with one attached hydrogen (secondary N) is 1. The van der Waals surface area contributed by atoms with Crippen LogP contribution in [0.4, 0.5) is 13.2 Å². The highest BCUT2D eigenvalue weighted by molar-refractivity contribution is 7.85. The molecule has 1 fully saturated rings. The van der Waals surface area contributed by atoms with E-state index in [4.69, 9.17) is 9.29 Å². The van der Waals surface area contributed by atoms with Crippen LogP contribution >= 0.6 is 0 Å². The Morgan fingerprint density at radius 3 is 2.27 bits per heavy atom. The third-order valence-corrected chi connectivity index (χ3v) is 5.63. The van der Waals surface area contributed by atoms with E-state index in [1.807, 2.05) is 0 Å². The Balaban J connectivity index is 2.15. The van der Waals surface area contributed by atoms with E-state index in [0.717, 1.165) is 37.8 Å². The Kier molecular flexibility index (Phi) is 6.70. The number of halogens is 3. The molecule has 2 N–H and O–H groups in total. The van der Waals surface area contributed by atoms with Crippen LogP contribution in [0.3, 0.4) is 0 Å². The third-order valence-electron chi connectivity index (χ3n) is 4.83. The summed E-state index contributed by atoms with van der Waals surface area (Å²) in [5.41, 5.74) is -0.532. The first kappa shape index (κ1) is 21.1. The average molecular weight is 395 g/mol. The van der Waals surface area contributed by atoms with Crippen molar-refractivity contribution in [3.63, 3.8) is 0 Å². The molecule has 148 valence electrons. The quantitative estimate of drug-likeness (QED) is 0.520. The Morgan fingerprint density at radius 2 is 1.81 bits per heavy atom. The van der Waals surface area contributed by atoms with Crippen molar-refractivity contribution in [1.29, 1.82) is 0 Å². The third kappa shape index (κ3) is 5.42. The van der Waals surface area contributed by atoms with E-state index in [2.05, 4.69) is 5.32 Å². The number of hydrogen-bond acceptors (Lipinski definition) is 4. The summed E-state index contributed by atoms with van der Waals surface area (Å²) in [6.45, 7) is 0.361. The van der Waals surface area contributed by atoms with Gasteiger partial charge >= 0.3 is 6.18 Å². The Bertz CT molecular complexity index is 683. The molecule has 0 saturated heterocycles. The minimum absolute atomic E-state index is 0.240. The van der Waals surface area contributed by atoms with Gasteiger partial charge in [0.2, 0.25) is 0 Å². The fourth-order valence-electron chi connectivity index (χ4n) is 3.66. The molecule has 1 atom stereocenters. The van der Waals surface area contributed by atoms with Gasteiger partial charge in [-0.05, 0) is 43.5 Å². The van der Waals surface area contributed by atoms with E-state index >= 15 is 0 Å². The van der Waals surface area contributed by atoms with Crippen molar-refractivity contribution >= 4 is 10.1 Å². The summed E-state index contributed by atoms with van der Waals surface area (Å²) in [5.74, 6) is -0.339. The maximum Gasteiger partial charge on any atom is 0.416 e. The van der Waals surface area contributed by atoms with E-state index in [1.54, 1.807) is 0 Å². The van der Waals surface area contributed by atoms with Gasteiger partial charge in [-0.1, -0.05) is 25.0 Å². The molecule has 1 saturated carbocycles. The SMILES string of the molecule is CO[C@H](c1ccc(C(F)(F)F)cc1)C1(NCCCS(=O)(=O)O)CCCC1. The first-order chi connectivity index (χ1) is 12.1. The van der Waals surface area contributed by atoms with Gasteiger partial charge in [0, 0.05) is 12.6 Å². The topological polar surface area (TPSA) is 75.6 Å². The zero-order chi connectivity index (χ0) is 19.4. The fraction of sp³-hybridized carbons (Fsp3) is 0.647. The zero-order valence-corrected chi connectivity index (χ0v) is 15.4.